The molecule has 28 heavy (non-hydrogen) atoms. The predicted octanol–water partition coefficient (Wildman–Crippen LogP) is 5.51. The summed E-state index contributed by atoms with van der Waals surface area (Å²) in [6, 6.07) is 26.4. The average Bonchev–Trinajstić information content (AvgIpc) is 3.00. The molecule has 3 aromatic carbocycles. The van der Waals surface area contributed by atoms with Crippen molar-refractivity contribution in [3.63, 3.8) is 0 Å². The number of aromatic nitrogens is 3. The summed E-state index contributed by atoms with van der Waals surface area (Å²) in [5.74, 6) is 2.60. The van der Waals surface area contributed by atoms with Crippen molar-refractivity contribution in [3.05, 3.63) is 106 Å². The van der Waals surface area contributed by atoms with Crippen LogP contribution in [0.1, 0.15) is 28.6 Å². The molecule has 5 rings (SSSR count). The molecule has 0 saturated carbocycles. The number of nitrogens with zero attached hydrogens (tertiary/aromatic N) is 3. The monoisotopic (exact) mass is 385 g/mol. The molecule has 1 aromatic heterocycles. The van der Waals surface area contributed by atoms with Crippen molar-refractivity contribution >= 4 is 12.2 Å². The maximum absolute atomic E-state index is 6.12. The molecule has 0 radical (unpaired) electrons. The number of hydrogen-bond donors (Lipinski definition) is 0. The lowest BCUT2D eigenvalue weighted by Crippen LogP contribution is -2.19. The van der Waals surface area contributed by atoms with E-state index in [-0.39, 0.29) is 6.04 Å². The second-order valence-electron chi connectivity index (χ2n) is 6.93. The first-order valence-corrected chi connectivity index (χ1v) is 9.69. The minimum atomic E-state index is -0.107. The lowest BCUT2D eigenvalue weighted by Gasteiger charge is -2.28. The van der Waals surface area contributed by atoms with Crippen molar-refractivity contribution in [1.29, 1.82) is 0 Å². The highest BCUT2D eigenvalue weighted by molar-refractivity contribution is 7.71. The molecule has 0 amide bonds. The minimum absolute atomic E-state index is 0.107. The Kier molecular flexibility index (Phi) is 4.10. The number of ether oxygens (including phenoxy) is 1. The first-order valence-electron chi connectivity index (χ1n) is 9.28. The first kappa shape index (κ1) is 17.0. The second-order valence-corrected chi connectivity index (χ2v) is 7.29. The van der Waals surface area contributed by atoms with Gasteiger partial charge in [-0.1, -0.05) is 66.7 Å². The van der Waals surface area contributed by atoms with Crippen LogP contribution >= 0.6 is 12.2 Å². The van der Waals surface area contributed by atoms with Crippen LogP contribution < -0.4 is 4.74 Å². The minimum Gasteiger partial charge on any atom is -0.457 e. The Hall–Kier alpha value is -3.18. The second kappa shape index (κ2) is 6.77. The van der Waals surface area contributed by atoms with E-state index in [2.05, 4.69) is 28.8 Å². The molecular formula is C23H19N3OS. The number of rotatable bonds is 3. The molecule has 0 spiro atoms. The topological polar surface area (TPSA) is 32.0 Å². The Balaban J connectivity index is 1.66. The van der Waals surface area contributed by atoms with Crippen LogP contribution in [0.25, 0.3) is 0 Å². The van der Waals surface area contributed by atoms with Gasteiger partial charge in [0.05, 0.1) is 6.54 Å². The molecule has 0 bridgehead atoms. The zero-order valence-electron chi connectivity index (χ0n) is 15.4. The Morgan fingerprint density at radius 1 is 0.857 bits per heavy atom. The fourth-order valence-electron chi connectivity index (χ4n) is 3.78. The highest BCUT2D eigenvalue weighted by Crippen LogP contribution is 2.44. The Bertz CT molecular complexity index is 1160. The molecule has 1 aliphatic rings. The van der Waals surface area contributed by atoms with Gasteiger partial charge in [0.2, 0.25) is 0 Å². The van der Waals surface area contributed by atoms with E-state index in [1.54, 1.807) is 0 Å². The number of aryl methyl sites for hydroxylation is 1. The molecule has 5 heteroatoms. The largest absolute Gasteiger partial charge is 0.457 e. The van der Waals surface area contributed by atoms with Crippen LogP contribution in [-0.2, 0) is 6.54 Å². The summed E-state index contributed by atoms with van der Waals surface area (Å²) in [7, 11) is 0. The summed E-state index contributed by atoms with van der Waals surface area (Å²) in [5, 5.41) is 4.85. The normalized spacial score (nSPS) is 12.9. The van der Waals surface area contributed by atoms with Crippen LogP contribution in [0.5, 0.6) is 11.5 Å². The molecule has 4 nitrogen and oxygen atoms in total. The summed E-state index contributed by atoms with van der Waals surface area (Å²) in [4.78, 5) is 0. The maximum atomic E-state index is 6.12. The molecule has 0 unspecified atom stereocenters. The average molecular weight is 385 g/mol. The van der Waals surface area contributed by atoms with Crippen LogP contribution in [-0.4, -0.2) is 14.3 Å². The van der Waals surface area contributed by atoms with Gasteiger partial charge in [-0.3, -0.25) is 4.57 Å². The molecule has 2 heterocycles. The Labute approximate surface area is 168 Å². The number of benzene rings is 3. The smallest absolute Gasteiger partial charge is 0.199 e. The van der Waals surface area contributed by atoms with Gasteiger partial charge in [-0.2, -0.15) is 5.10 Å². The first-order chi connectivity index (χ1) is 13.7. The van der Waals surface area contributed by atoms with Gasteiger partial charge in [0.15, 0.2) is 4.77 Å². The molecule has 0 atom stereocenters. The summed E-state index contributed by atoms with van der Waals surface area (Å²) >= 11 is 5.87. The maximum Gasteiger partial charge on any atom is 0.199 e. The van der Waals surface area contributed by atoms with E-state index >= 15 is 0 Å². The van der Waals surface area contributed by atoms with Crippen LogP contribution in [0.2, 0.25) is 0 Å². The lowest BCUT2D eigenvalue weighted by atomic mass is 9.95. The quantitative estimate of drug-likeness (QED) is 0.384. The van der Waals surface area contributed by atoms with Crippen LogP contribution in [0.4, 0.5) is 0 Å². The molecule has 4 aromatic rings. The number of hydrogen-bond acceptors (Lipinski definition) is 3. The van der Waals surface area contributed by atoms with Crippen molar-refractivity contribution < 1.29 is 4.74 Å². The third-order valence-electron chi connectivity index (χ3n) is 5.15. The number of fused-ring (bicyclic) bond motifs is 2. The van der Waals surface area contributed by atoms with Crippen LogP contribution in [0.15, 0.2) is 78.9 Å². The third-order valence-corrected chi connectivity index (χ3v) is 5.55. The molecule has 138 valence electrons. The fraction of sp³-hybridized carbons (Fsp3) is 0.130. The van der Waals surface area contributed by atoms with Crippen molar-refractivity contribution in [1.82, 2.24) is 14.3 Å². The molecule has 1 aliphatic heterocycles. The molecule has 0 fully saturated rings. The zero-order chi connectivity index (χ0) is 19.1. The highest BCUT2D eigenvalue weighted by atomic mass is 32.1. The van der Waals surface area contributed by atoms with Crippen molar-refractivity contribution in [2.45, 2.75) is 19.5 Å². The van der Waals surface area contributed by atoms with Crippen molar-refractivity contribution in [3.8, 4) is 11.5 Å². The lowest BCUT2D eigenvalue weighted by molar-refractivity contribution is 0.422. The van der Waals surface area contributed by atoms with Crippen molar-refractivity contribution in [2.75, 3.05) is 0 Å². The van der Waals surface area contributed by atoms with Gasteiger partial charge < -0.3 is 4.74 Å². The van der Waals surface area contributed by atoms with E-state index in [0.717, 1.165) is 28.5 Å². The molecule has 0 aliphatic carbocycles. The van der Waals surface area contributed by atoms with Gasteiger partial charge in [-0.05, 0) is 36.8 Å². The van der Waals surface area contributed by atoms with E-state index in [1.165, 1.54) is 5.56 Å². The standard InChI is InChI=1S/C23H19N3OS/c1-16-24-26(23(28)25(16)15-17-9-3-2-4-10-17)22-18-11-5-7-13-20(18)27-21-14-8-6-12-19(21)22/h2-14,22H,15H2,1H3. The predicted molar refractivity (Wildman–Crippen MR) is 112 cm³/mol. The van der Waals surface area contributed by atoms with E-state index in [1.807, 2.05) is 66.2 Å². The summed E-state index contributed by atoms with van der Waals surface area (Å²) < 4.78 is 10.9. The van der Waals surface area contributed by atoms with Gasteiger partial charge in [0, 0.05) is 11.1 Å². The van der Waals surface area contributed by atoms with Crippen LogP contribution in [0.3, 0.4) is 0 Å². The zero-order valence-corrected chi connectivity index (χ0v) is 16.3. The van der Waals surface area contributed by atoms with Gasteiger partial charge >= 0.3 is 0 Å². The Morgan fingerprint density at radius 2 is 1.43 bits per heavy atom. The van der Waals surface area contributed by atoms with Gasteiger partial charge in [0.1, 0.15) is 23.4 Å². The highest BCUT2D eigenvalue weighted by Gasteiger charge is 2.30. The van der Waals surface area contributed by atoms with Crippen LogP contribution in [0, 0.1) is 11.7 Å². The molecule has 0 saturated heterocycles. The van der Waals surface area contributed by atoms with E-state index < -0.39 is 0 Å². The summed E-state index contributed by atoms with van der Waals surface area (Å²) in [6.07, 6.45) is 0. The fourth-order valence-corrected chi connectivity index (χ4v) is 4.12. The van der Waals surface area contributed by atoms with E-state index in [4.69, 9.17) is 22.1 Å². The van der Waals surface area contributed by atoms with Gasteiger partial charge in [0.25, 0.3) is 0 Å². The summed E-state index contributed by atoms with van der Waals surface area (Å²) in [6.45, 7) is 2.71. The van der Waals surface area contributed by atoms with Gasteiger partial charge in [-0.25, -0.2) is 4.68 Å². The Morgan fingerprint density at radius 3 is 2.07 bits per heavy atom. The SMILES string of the molecule is Cc1nn(C2c3ccccc3Oc3ccccc32)c(=S)n1Cc1ccccc1. The van der Waals surface area contributed by atoms with Crippen molar-refractivity contribution in [2.24, 2.45) is 0 Å². The number of para-hydroxylation sites is 2. The third kappa shape index (κ3) is 2.75. The summed E-state index contributed by atoms with van der Waals surface area (Å²) in [5.41, 5.74) is 3.34. The van der Waals surface area contributed by atoms with E-state index in [9.17, 15) is 0 Å². The van der Waals surface area contributed by atoms with Gasteiger partial charge in [-0.15, -0.1) is 0 Å². The molecular weight excluding hydrogens is 366 g/mol. The molecule has 0 N–H and O–H groups in total. The van der Waals surface area contributed by atoms with E-state index in [0.29, 0.717) is 11.3 Å².